The van der Waals surface area contributed by atoms with Crippen LogP contribution >= 0.6 is 23.4 Å². The van der Waals surface area contributed by atoms with Gasteiger partial charge in [0.1, 0.15) is 0 Å². The van der Waals surface area contributed by atoms with E-state index >= 15 is 0 Å². The summed E-state index contributed by atoms with van der Waals surface area (Å²) < 4.78 is 1.98. The Bertz CT molecular complexity index is 472. The maximum absolute atomic E-state index is 5.64. The summed E-state index contributed by atoms with van der Waals surface area (Å²) in [6.07, 6.45) is 4.51. The molecule has 17 heavy (non-hydrogen) atoms. The molecule has 0 aliphatic heterocycles. The van der Waals surface area contributed by atoms with Gasteiger partial charge in [0, 0.05) is 36.6 Å². The second-order valence-electron chi connectivity index (χ2n) is 3.50. The SMILES string of the molecule is Cn1c(SCCCCl)nnc1-c1cccnc1. The van der Waals surface area contributed by atoms with Crippen molar-refractivity contribution >= 4 is 23.4 Å². The van der Waals surface area contributed by atoms with Crippen LogP contribution in [-0.4, -0.2) is 31.4 Å². The number of aromatic nitrogens is 4. The van der Waals surface area contributed by atoms with E-state index in [4.69, 9.17) is 11.6 Å². The molecule has 0 aliphatic carbocycles. The minimum Gasteiger partial charge on any atom is -0.305 e. The molecule has 0 spiro atoms. The van der Waals surface area contributed by atoms with E-state index in [0.717, 1.165) is 28.7 Å². The summed E-state index contributed by atoms with van der Waals surface area (Å²) in [5.41, 5.74) is 0.978. The van der Waals surface area contributed by atoms with Crippen LogP contribution in [0.2, 0.25) is 0 Å². The molecule has 0 fully saturated rings. The van der Waals surface area contributed by atoms with Gasteiger partial charge in [-0.05, 0) is 18.6 Å². The predicted molar refractivity (Wildman–Crippen MR) is 70.3 cm³/mol. The van der Waals surface area contributed by atoms with Gasteiger partial charge < -0.3 is 4.57 Å². The average molecular weight is 269 g/mol. The highest BCUT2D eigenvalue weighted by atomic mass is 35.5. The Balaban J connectivity index is 2.15. The van der Waals surface area contributed by atoms with Gasteiger partial charge in [-0.2, -0.15) is 0 Å². The van der Waals surface area contributed by atoms with Crippen LogP contribution in [0.3, 0.4) is 0 Å². The lowest BCUT2D eigenvalue weighted by Crippen LogP contribution is -1.95. The van der Waals surface area contributed by atoms with Gasteiger partial charge in [0.15, 0.2) is 11.0 Å². The molecule has 0 N–H and O–H groups in total. The number of rotatable bonds is 5. The first kappa shape index (κ1) is 12.4. The van der Waals surface area contributed by atoms with Gasteiger partial charge in [0.25, 0.3) is 0 Å². The second-order valence-corrected chi connectivity index (χ2v) is 4.94. The van der Waals surface area contributed by atoms with Crippen molar-refractivity contribution in [3.8, 4) is 11.4 Å². The molecular formula is C11H13ClN4S. The summed E-state index contributed by atoms with van der Waals surface area (Å²) in [4.78, 5) is 4.08. The third-order valence-electron chi connectivity index (χ3n) is 2.26. The summed E-state index contributed by atoms with van der Waals surface area (Å²) in [7, 11) is 1.96. The van der Waals surface area contributed by atoms with Crippen LogP contribution < -0.4 is 0 Å². The third-order valence-corrected chi connectivity index (χ3v) is 3.64. The molecule has 0 aliphatic rings. The molecule has 0 saturated carbocycles. The van der Waals surface area contributed by atoms with Crippen molar-refractivity contribution in [1.82, 2.24) is 19.7 Å². The number of hydrogen-bond donors (Lipinski definition) is 0. The number of thioether (sulfide) groups is 1. The first-order chi connectivity index (χ1) is 8.33. The number of hydrogen-bond acceptors (Lipinski definition) is 4. The number of nitrogens with zero attached hydrogens (tertiary/aromatic N) is 4. The minimum atomic E-state index is 0.681. The largest absolute Gasteiger partial charge is 0.305 e. The van der Waals surface area contributed by atoms with Gasteiger partial charge in [-0.15, -0.1) is 21.8 Å². The molecule has 0 unspecified atom stereocenters. The molecule has 0 radical (unpaired) electrons. The third kappa shape index (κ3) is 2.98. The average Bonchev–Trinajstić information content (AvgIpc) is 2.73. The normalized spacial score (nSPS) is 10.7. The topological polar surface area (TPSA) is 43.6 Å². The monoisotopic (exact) mass is 268 g/mol. The second kappa shape index (κ2) is 6.02. The van der Waals surface area contributed by atoms with E-state index < -0.39 is 0 Å². The van der Waals surface area contributed by atoms with Crippen LogP contribution in [0.5, 0.6) is 0 Å². The lowest BCUT2D eigenvalue weighted by molar-refractivity contribution is 0.793. The predicted octanol–water partition coefficient (Wildman–Crippen LogP) is 2.60. The molecule has 0 atom stereocenters. The maximum atomic E-state index is 5.64. The highest BCUT2D eigenvalue weighted by molar-refractivity contribution is 7.99. The van der Waals surface area contributed by atoms with Crippen molar-refractivity contribution in [2.24, 2.45) is 7.05 Å². The highest BCUT2D eigenvalue weighted by Gasteiger charge is 2.10. The first-order valence-electron chi connectivity index (χ1n) is 5.31. The molecular weight excluding hydrogens is 256 g/mol. The fraction of sp³-hybridized carbons (Fsp3) is 0.364. The van der Waals surface area contributed by atoms with Crippen LogP contribution in [0.15, 0.2) is 29.7 Å². The zero-order valence-corrected chi connectivity index (χ0v) is 11.1. The van der Waals surface area contributed by atoms with E-state index in [1.54, 1.807) is 24.2 Å². The summed E-state index contributed by atoms with van der Waals surface area (Å²) >= 11 is 7.32. The first-order valence-corrected chi connectivity index (χ1v) is 6.83. The number of alkyl halides is 1. The van der Waals surface area contributed by atoms with E-state index in [0.29, 0.717) is 5.88 Å². The van der Waals surface area contributed by atoms with Gasteiger partial charge in [0.2, 0.25) is 0 Å². The van der Waals surface area contributed by atoms with Crippen molar-refractivity contribution in [3.63, 3.8) is 0 Å². The minimum absolute atomic E-state index is 0.681. The van der Waals surface area contributed by atoms with Crippen LogP contribution in [0, 0.1) is 0 Å². The summed E-state index contributed by atoms with van der Waals surface area (Å²) in [5.74, 6) is 2.48. The molecule has 4 nitrogen and oxygen atoms in total. The Morgan fingerprint density at radius 1 is 1.41 bits per heavy atom. The summed E-state index contributed by atoms with van der Waals surface area (Å²) in [5, 5.41) is 9.26. The van der Waals surface area contributed by atoms with E-state index in [9.17, 15) is 0 Å². The Labute approximate surface area is 109 Å². The van der Waals surface area contributed by atoms with Gasteiger partial charge in [-0.1, -0.05) is 11.8 Å². The lowest BCUT2D eigenvalue weighted by Gasteiger charge is -2.02. The molecule has 6 heteroatoms. The molecule has 2 rings (SSSR count). The fourth-order valence-corrected chi connectivity index (χ4v) is 2.55. The number of halogens is 1. The quantitative estimate of drug-likeness (QED) is 0.475. The van der Waals surface area contributed by atoms with E-state index in [1.165, 1.54) is 0 Å². The summed E-state index contributed by atoms with van der Waals surface area (Å²) in [6.45, 7) is 0. The van der Waals surface area contributed by atoms with E-state index in [-0.39, 0.29) is 0 Å². The van der Waals surface area contributed by atoms with Gasteiger partial charge in [-0.25, -0.2) is 0 Å². The molecule has 0 aromatic carbocycles. The van der Waals surface area contributed by atoms with E-state index in [1.807, 2.05) is 23.7 Å². The molecule has 2 heterocycles. The Kier molecular flexibility index (Phi) is 4.39. The molecule has 2 aromatic rings. The zero-order chi connectivity index (χ0) is 12.1. The lowest BCUT2D eigenvalue weighted by atomic mass is 10.3. The molecule has 2 aromatic heterocycles. The van der Waals surface area contributed by atoms with Crippen LogP contribution in [-0.2, 0) is 7.05 Å². The van der Waals surface area contributed by atoms with Gasteiger partial charge in [-0.3, -0.25) is 4.98 Å². The maximum Gasteiger partial charge on any atom is 0.191 e. The Hall–Kier alpha value is -1.07. The Morgan fingerprint density at radius 2 is 2.29 bits per heavy atom. The molecule has 0 bridgehead atoms. The van der Waals surface area contributed by atoms with Crippen molar-refractivity contribution in [2.75, 3.05) is 11.6 Å². The van der Waals surface area contributed by atoms with Crippen molar-refractivity contribution in [2.45, 2.75) is 11.6 Å². The number of pyridine rings is 1. The van der Waals surface area contributed by atoms with Gasteiger partial charge in [0.05, 0.1) is 0 Å². The zero-order valence-electron chi connectivity index (χ0n) is 9.51. The van der Waals surface area contributed by atoms with E-state index in [2.05, 4.69) is 15.2 Å². The standard InChI is InChI=1S/C11H13ClN4S/c1-16-10(9-4-2-6-13-8-9)14-15-11(16)17-7-3-5-12/h2,4,6,8H,3,5,7H2,1H3. The fourth-order valence-electron chi connectivity index (χ4n) is 1.41. The van der Waals surface area contributed by atoms with Crippen LogP contribution in [0.4, 0.5) is 0 Å². The highest BCUT2D eigenvalue weighted by Crippen LogP contribution is 2.22. The molecule has 90 valence electrons. The smallest absolute Gasteiger partial charge is 0.191 e. The Morgan fingerprint density at radius 3 is 3.00 bits per heavy atom. The molecule has 0 saturated heterocycles. The molecule has 0 amide bonds. The van der Waals surface area contributed by atoms with Crippen LogP contribution in [0.25, 0.3) is 11.4 Å². The van der Waals surface area contributed by atoms with Crippen molar-refractivity contribution in [1.29, 1.82) is 0 Å². The van der Waals surface area contributed by atoms with Crippen molar-refractivity contribution < 1.29 is 0 Å². The van der Waals surface area contributed by atoms with Crippen LogP contribution in [0.1, 0.15) is 6.42 Å². The van der Waals surface area contributed by atoms with Gasteiger partial charge >= 0.3 is 0 Å². The summed E-state index contributed by atoms with van der Waals surface area (Å²) in [6, 6.07) is 3.87. The van der Waals surface area contributed by atoms with Crippen molar-refractivity contribution in [3.05, 3.63) is 24.5 Å².